The Morgan fingerprint density at radius 3 is 0.541 bits per heavy atom. The van der Waals surface area contributed by atoms with E-state index >= 15 is 0 Å². The van der Waals surface area contributed by atoms with Crippen LogP contribution in [0.5, 0.6) is 40.2 Å². The maximum atomic E-state index is 10.3. The van der Waals surface area contributed by atoms with E-state index in [-0.39, 0.29) is 6.61 Å². The fraction of sp³-hybridized carbons (Fsp3) is 0.411. The molecule has 0 aliphatic rings. The maximum Gasteiger partial charge on any atom is 0.341 e. The van der Waals surface area contributed by atoms with E-state index < -0.39 is 5.97 Å². The van der Waals surface area contributed by atoms with Crippen LogP contribution >= 0.6 is 0 Å². The number of aromatic hydroxyl groups is 4. The van der Waals surface area contributed by atoms with Gasteiger partial charge in [-0.15, -0.1) is 0 Å². The number of carbonyl (C=O) groups is 1. The predicted octanol–water partition coefficient (Wildman–Crippen LogP) is 19.9. The van der Waals surface area contributed by atoms with Gasteiger partial charge in [-0.2, -0.15) is 0 Å². The zero-order valence-corrected chi connectivity index (χ0v) is 57.8. The first kappa shape index (κ1) is 91.5. The number of aliphatic carboxylic acids is 1. The highest BCUT2D eigenvalue weighted by atomic mass is 16.5. The highest BCUT2D eigenvalue weighted by Gasteiger charge is 2.06. The van der Waals surface area contributed by atoms with Crippen LogP contribution in [0.4, 0.5) is 0 Å². The van der Waals surface area contributed by atoms with Crippen LogP contribution in [0.1, 0.15) is 147 Å². The first-order valence-corrected chi connectivity index (χ1v) is 29.5. The zero-order chi connectivity index (χ0) is 67.8. The van der Waals surface area contributed by atoms with E-state index in [1.807, 2.05) is 242 Å². The number of hydrogen-bond acceptors (Lipinski definition) is 8. The molecule has 468 valence electrons. The Morgan fingerprint density at radius 2 is 0.424 bits per heavy atom. The summed E-state index contributed by atoms with van der Waals surface area (Å²) in [5.74, 6) is 3.45. The van der Waals surface area contributed by atoms with E-state index in [1.54, 1.807) is 0 Å². The lowest BCUT2D eigenvalue weighted by Crippen LogP contribution is -2.10. The molecular weight excluding hydrogens is 1050 g/mol. The van der Waals surface area contributed by atoms with Crippen molar-refractivity contribution in [2.75, 3.05) is 19.8 Å². The minimum absolute atomic E-state index is 0.286. The van der Waals surface area contributed by atoms with Crippen molar-refractivity contribution in [1.82, 2.24) is 0 Å². The molecule has 7 aromatic carbocycles. The number of hydrogen-bond donors (Lipinski definition) is 5. The summed E-state index contributed by atoms with van der Waals surface area (Å²) in [6, 6.07) is 40.9. The minimum Gasteiger partial charge on any atom is -0.507 e. The zero-order valence-electron chi connectivity index (χ0n) is 57.8. The number of carboxylic acid groups (broad SMARTS) is 1. The lowest BCUT2D eigenvalue weighted by molar-refractivity contribution is -0.139. The van der Waals surface area contributed by atoms with Crippen LogP contribution in [-0.2, 0) is 4.79 Å². The summed E-state index contributed by atoms with van der Waals surface area (Å²) in [5.41, 5.74) is 14.3. The minimum atomic E-state index is -0.956. The van der Waals surface area contributed by atoms with Gasteiger partial charge in [-0.25, -0.2) is 4.79 Å². The number of benzene rings is 7. The Balaban J connectivity index is -0.000000162. The molecule has 6 radical (unpaired) electrons. The molecular formula is C73H113B3O9. The molecule has 0 unspecified atom stereocenters. The SMILES string of the molecule is CC.CC.CC.CC.CCOc1c(C)cccc1C.CCOc1c(C)cccc1C.Cc1cccc(C)c1O.Cc1cccc(C)c1O.Cc1cccc(C)c1O.Cc1cccc(C)c1O.Cc1cccc(C)c1OCC(=O)O.[B]C.[B]C.[B]C. The van der Waals surface area contributed by atoms with Gasteiger partial charge in [0.1, 0.15) is 40.2 Å². The Labute approximate surface area is 523 Å². The lowest BCUT2D eigenvalue weighted by atomic mass is 10.1. The molecule has 12 heteroatoms. The van der Waals surface area contributed by atoms with Crippen molar-refractivity contribution in [2.45, 2.75) is 187 Å². The Kier molecular flexibility index (Phi) is 64.6. The summed E-state index contributed by atoms with van der Waals surface area (Å²) >= 11 is 0. The quantitative estimate of drug-likeness (QED) is 0.0985. The van der Waals surface area contributed by atoms with Crippen LogP contribution in [0.15, 0.2) is 127 Å². The van der Waals surface area contributed by atoms with Crippen LogP contribution in [0.25, 0.3) is 0 Å². The molecule has 5 N–H and O–H groups in total. The fourth-order valence-electron chi connectivity index (χ4n) is 6.73. The highest BCUT2D eigenvalue weighted by Crippen LogP contribution is 2.25. The third kappa shape index (κ3) is 41.5. The first-order chi connectivity index (χ1) is 40.5. The summed E-state index contributed by atoms with van der Waals surface area (Å²) in [4.78, 5) is 10.3. The van der Waals surface area contributed by atoms with Gasteiger partial charge in [0.15, 0.2) is 6.61 Å². The van der Waals surface area contributed by atoms with Crippen molar-refractivity contribution in [3.8, 4) is 40.2 Å². The van der Waals surface area contributed by atoms with Crippen LogP contribution in [0.3, 0.4) is 0 Å². The predicted molar refractivity (Wildman–Crippen MR) is 374 cm³/mol. The Hall–Kier alpha value is -7.20. The standard InChI is InChI=1S/C10H12O3.2C10H14O.4C8H10O.4C2H6.3CH3B/c1-7-4-3-5-8(2)10(7)13-6-9(11)12;2*1-4-11-10-8(2)6-5-7-9(10)3;4*1-6-4-3-5-7(2)8(6)9;7*1-2/h3-5H,6H2,1-2H3,(H,11,12);2*5-7H,4H2,1-3H3;4*3-5,9H,1-2H3;4*1-2H3;3*1H3. The van der Waals surface area contributed by atoms with Gasteiger partial charge >= 0.3 is 5.97 Å². The van der Waals surface area contributed by atoms with Gasteiger partial charge in [0.25, 0.3) is 0 Å². The van der Waals surface area contributed by atoms with Crippen LogP contribution in [0.2, 0.25) is 20.5 Å². The normalized spacial score (nSPS) is 8.51. The molecule has 0 bridgehead atoms. The Morgan fingerprint density at radius 1 is 0.294 bits per heavy atom. The second-order valence-corrected chi connectivity index (χ2v) is 17.2. The van der Waals surface area contributed by atoms with Crippen molar-refractivity contribution < 1.29 is 44.5 Å². The van der Waals surface area contributed by atoms with Crippen molar-refractivity contribution in [1.29, 1.82) is 0 Å². The molecule has 0 aliphatic carbocycles. The second-order valence-electron chi connectivity index (χ2n) is 17.2. The van der Waals surface area contributed by atoms with Crippen LogP contribution < -0.4 is 14.2 Å². The second kappa shape index (κ2) is 59.9. The van der Waals surface area contributed by atoms with Gasteiger partial charge in [0.05, 0.1) is 36.8 Å². The summed E-state index contributed by atoms with van der Waals surface area (Å²) < 4.78 is 16.1. The van der Waals surface area contributed by atoms with E-state index in [0.717, 1.165) is 80.3 Å². The van der Waals surface area contributed by atoms with Gasteiger partial charge in [-0.05, 0) is 189 Å². The van der Waals surface area contributed by atoms with Crippen LogP contribution in [0, 0.1) is 96.9 Å². The van der Waals surface area contributed by atoms with Crippen molar-refractivity contribution in [3.63, 3.8) is 0 Å². The van der Waals surface area contributed by atoms with Gasteiger partial charge in [0.2, 0.25) is 0 Å². The van der Waals surface area contributed by atoms with E-state index in [9.17, 15) is 25.2 Å². The van der Waals surface area contributed by atoms with E-state index in [1.165, 1.54) is 42.7 Å². The molecule has 85 heavy (non-hydrogen) atoms. The molecule has 0 atom stereocenters. The average molecular weight is 1170 g/mol. The molecule has 9 nitrogen and oxygen atoms in total. The summed E-state index contributed by atoms with van der Waals surface area (Å²) in [7, 11) is 13.5. The molecule has 0 fully saturated rings. The number of aryl methyl sites for hydroxylation is 14. The molecule has 0 saturated heterocycles. The maximum absolute atomic E-state index is 10.3. The summed E-state index contributed by atoms with van der Waals surface area (Å²) in [5, 5.41) is 45.3. The summed E-state index contributed by atoms with van der Waals surface area (Å²) in [6.45, 7) is 52.9. The van der Waals surface area contributed by atoms with Gasteiger partial charge in [-0.3, -0.25) is 0 Å². The number of ether oxygens (including phenoxy) is 3. The lowest BCUT2D eigenvalue weighted by Gasteiger charge is -2.09. The number of carboxylic acids is 1. The third-order valence-electron chi connectivity index (χ3n) is 10.9. The molecule has 7 aromatic rings. The van der Waals surface area contributed by atoms with Crippen LogP contribution in [-0.4, -0.2) is 74.9 Å². The summed E-state index contributed by atoms with van der Waals surface area (Å²) in [6.07, 6.45) is 0. The van der Waals surface area contributed by atoms with E-state index in [0.29, 0.717) is 28.7 Å². The van der Waals surface area contributed by atoms with E-state index in [4.69, 9.17) is 19.3 Å². The molecule has 0 amide bonds. The average Bonchev–Trinajstić information content (AvgIpc) is 3.59. The van der Waals surface area contributed by atoms with Gasteiger partial charge in [0, 0.05) is 0 Å². The Bertz CT molecular complexity index is 2330. The van der Waals surface area contributed by atoms with E-state index in [2.05, 4.69) is 75.5 Å². The van der Waals surface area contributed by atoms with Crippen molar-refractivity contribution in [2.24, 2.45) is 0 Å². The van der Waals surface area contributed by atoms with Crippen molar-refractivity contribution in [3.05, 3.63) is 205 Å². The molecule has 0 heterocycles. The molecule has 0 saturated carbocycles. The number of phenolic OH excluding ortho intramolecular Hbond substituents is 4. The molecule has 7 rings (SSSR count). The number of para-hydroxylation sites is 7. The number of phenols is 4. The molecule has 0 aliphatic heterocycles. The molecule has 0 spiro atoms. The van der Waals surface area contributed by atoms with Crippen molar-refractivity contribution >= 4 is 29.5 Å². The topological polar surface area (TPSA) is 146 Å². The molecule has 0 aromatic heterocycles. The fourth-order valence-corrected chi connectivity index (χ4v) is 6.73. The monoisotopic (exact) mass is 1170 g/mol. The first-order valence-electron chi connectivity index (χ1n) is 29.5. The third-order valence-corrected chi connectivity index (χ3v) is 10.9. The smallest absolute Gasteiger partial charge is 0.341 e. The highest BCUT2D eigenvalue weighted by molar-refractivity contribution is 6.06. The van der Waals surface area contributed by atoms with Gasteiger partial charge < -0.3 is 39.7 Å². The number of rotatable bonds is 7. The largest absolute Gasteiger partial charge is 0.507 e. The van der Waals surface area contributed by atoms with Gasteiger partial charge in [-0.1, -0.05) is 203 Å².